The Balaban J connectivity index is 1.69. The van der Waals surface area contributed by atoms with Crippen LogP contribution in [-0.2, 0) is 11.3 Å². The minimum Gasteiger partial charge on any atom is -0.273 e. The molecule has 1 heterocycles. The molecule has 0 radical (unpaired) electrons. The number of nitrogens with one attached hydrogen (secondary N) is 2. The van der Waals surface area contributed by atoms with Crippen molar-refractivity contribution in [2.24, 2.45) is 5.92 Å². The smallest absolute Gasteiger partial charge is 0.273 e. The van der Waals surface area contributed by atoms with Gasteiger partial charge < -0.3 is 0 Å². The molecule has 0 aliphatic heterocycles. The Morgan fingerprint density at radius 1 is 1.10 bits per heavy atom. The fraction of sp³-hybridized carbons (Fsp3) is 0.545. The normalized spacial score (nSPS) is 14.2. The van der Waals surface area contributed by atoms with Crippen LogP contribution in [0.15, 0.2) is 29.1 Å². The molecule has 1 aromatic carbocycles. The maximum Gasteiger partial charge on any atom is 0.290 e. The Hall–Kier alpha value is -2.70. The number of benzene rings is 1. The summed E-state index contributed by atoms with van der Waals surface area (Å²) in [6.07, 6.45) is 8.96. The number of hydrogen-bond donors (Lipinski definition) is 2. The molecule has 2 N–H and O–H groups in total. The van der Waals surface area contributed by atoms with Gasteiger partial charge in [0.2, 0.25) is 5.91 Å². The predicted molar refractivity (Wildman–Crippen MR) is 112 cm³/mol. The van der Waals surface area contributed by atoms with Gasteiger partial charge in [-0.15, -0.1) is 0 Å². The van der Waals surface area contributed by atoms with Crippen LogP contribution in [0.25, 0.3) is 10.8 Å². The Bertz CT molecular complexity index is 916. The van der Waals surface area contributed by atoms with E-state index < -0.39 is 5.91 Å². The van der Waals surface area contributed by atoms with Crippen molar-refractivity contribution < 1.29 is 9.59 Å². The molecule has 1 saturated carbocycles. The Kier molecular flexibility index (Phi) is 7.38. The van der Waals surface area contributed by atoms with Crippen LogP contribution in [0.2, 0.25) is 0 Å². The van der Waals surface area contributed by atoms with Gasteiger partial charge in [0.25, 0.3) is 11.5 Å². The first-order valence-electron chi connectivity index (χ1n) is 10.7. The van der Waals surface area contributed by atoms with Gasteiger partial charge in [-0.05, 0) is 24.8 Å². The third-order valence-electron chi connectivity index (χ3n) is 5.63. The van der Waals surface area contributed by atoms with Gasteiger partial charge in [-0.3, -0.25) is 25.2 Å². The Morgan fingerprint density at radius 2 is 1.83 bits per heavy atom. The summed E-state index contributed by atoms with van der Waals surface area (Å²) in [4.78, 5) is 37.5. The van der Waals surface area contributed by atoms with Gasteiger partial charge in [-0.1, -0.05) is 63.6 Å². The standard InChI is InChI=1S/C22H30N4O3/c1-2-3-8-15-26-22(29)18-12-7-6-11-17(18)20(25-26)21(28)24-23-19(27)14-13-16-9-4-5-10-16/h6-7,11-12,16H,2-5,8-10,13-15H2,1H3,(H,23,27)(H,24,28). The summed E-state index contributed by atoms with van der Waals surface area (Å²) in [5, 5.41) is 5.24. The summed E-state index contributed by atoms with van der Waals surface area (Å²) < 4.78 is 1.36. The number of rotatable bonds is 8. The van der Waals surface area contributed by atoms with Crippen LogP contribution in [0, 0.1) is 5.92 Å². The lowest BCUT2D eigenvalue weighted by atomic mass is 10.0. The van der Waals surface area contributed by atoms with Crippen LogP contribution in [0.3, 0.4) is 0 Å². The fourth-order valence-corrected chi connectivity index (χ4v) is 3.95. The Labute approximate surface area is 170 Å². The number of nitrogens with zero attached hydrogens (tertiary/aromatic N) is 2. The van der Waals surface area contributed by atoms with Crippen LogP contribution >= 0.6 is 0 Å². The van der Waals surface area contributed by atoms with E-state index in [4.69, 9.17) is 0 Å². The molecule has 29 heavy (non-hydrogen) atoms. The third kappa shape index (κ3) is 5.43. The lowest BCUT2D eigenvalue weighted by Crippen LogP contribution is -2.42. The van der Waals surface area contributed by atoms with Crippen molar-refractivity contribution in [3.05, 3.63) is 40.3 Å². The molecular formula is C22H30N4O3. The van der Waals surface area contributed by atoms with E-state index in [-0.39, 0.29) is 17.2 Å². The van der Waals surface area contributed by atoms with E-state index in [9.17, 15) is 14.4 Å². The summed E-state index contributed by atoms with van der Waals surface area (Å²) in [5.74, 6) is -0.0979. The second kappa shape index (κ2) is 10.2. The zero-order valence-electron chi connectivity index (χ0n) is 17.1. The number of hydrazine groups is 1. The molecule has 7 nitrogen and oxygen atoms in total. The molecule has 2 amide bonds. The van der Waals surface area contributed by atoms with E-state index in [1.165, 1.54) is 30.4 Å². The van der Waals surface area contributed by atoms with Gasteiger partial charge in [0, 0.05) is 18.4 Å². The van der Waals surface area contributed by atoms with Crippen molar-refractivity contribution >= 4 is 22.6 Å². The monoisotopic (exact) mass is 398 g/mol. The third-order valence-corrected chi connectivity index (χ3v) is 5.63. The molecule has 2 aromatic rings. The highest BCUT2D eigenvalue weighted by Crippen LogP contribution is 2.28. The first-order chi connectivity index (χ1) is 14.1. The minimum atomic E-state index is -0.514. The quantitative estimate of drug-likeness (QED) is 0.527. The number of amides is 2. The number of hydrogen-bond acceptors (Lipinski definition) is 4. The lowest BCUT2D eigenvalue weighted by Gasteiger charge is -2.12. The SMILES string of the molecule is CCCCCn1nc(C(=O)NNC(=O)CCC2CCCC2)c2ccccc2c1=O. The summed E-state index contributed by atoms with van der Waals surface area (Å²) in [6.45, 7) is 2.55. The molecule has 1 aliphatic rings. The van der Waals surface area contributed by atoms with Crippen molar-refractivity contribution in [1.29, 1.82) is 0 Å². The van der Waals surface area contributed by atoms with E-state index >= 15 is 0 Å². The average Bonchev–Trinajstić information content (AvgIpc) is 3.26. The van der Waals surface area contributed by atoms with E-state index in [1.807, 2.05) is 0 Å². The molecule has 3 rings (SSSR count). The maximum atomic E-state index is 12.7. The molecule has 1 aromatic heterocycles. The molecule has 7 heteroatoms. The Morgan fingerprint density at radius 3 is 2.55 bits per heavy atom. The van der Waals surface area contributed by atoms with Gasteiger partial charge >= 0.3 is 0 Å². The average molecular weight is 399 g/mol. The summed E-state index contributed by atoms with van der Waals surface area (Å²) >= 11 is 0. The number of unbranched alkanes of at least 4 members (excludes halogenated alkanes) is 2. The molecule has 0 saturated heterocycles. The predicted octanol–water partition coefficient (Wildman–Crippen LogP) is 3.32. The van der Waals surface area contributed by atoms with E-state index in [1.54, 1.807) is 24.3 Å². The molecule has 1 fully saturated rings. The van der Waals surface area contributed by atoms with Gasteiger partial charge in [0.05, 0.1) is 5.39 Å². The minimum absolute atomic E-state index is 0.146. The summed E-state index contributed by atoms with van der Waals surface area (Å²) in [7, 11) is 0. The number of carbonyl (C=O) groups excluding carboxylic acids is 2. The van der Waals surface area contributed by atoms with Crippen molar-refractivity contribution in [1.82, 2.24) is 20.6 Å². The van der Waals surface area contributed by atoms with Crippen molar-refractivity contribution in [2.75, 3.05) is 0 Å². The van der Waals surface area contributed by atoms with Crippen LogP contribution in [0.4, 0.5) is 0 Å². The van der Waals surface area contributed by atoms with E-state index in [0.29, 0.717) is 29.7 Å². The molecule has 0 bridgehead atoms. The highest BCUT2D eigenvalue weighted by molar-refractivity contribution is 6.05. The topological polar surface area (TPSA) is 93.1 Å². The zero-order chi connectivity index (χ0) is 20.6. The molecule has 0 spiro atoms. The first kappa shape index (κ1) is 21.0. The van der Waals surface area contributed by atoms with Gasteiger partial charge in [-0.2, -0.15) is 5.10 Å². The molecule has 0 atom stereocenters. The largest absolute Gasteiger partial charge is 0.290 e. The van der Waals surface area contributed by atoms with Crippen molar-refractivity contribution in [2.45, 2.75) is 71.3 Å². The summed E-state index contributed by atoms with van der Waals surface area (Å²) in [5.41, 5.74) is 4.90. The van der Waals surface area contributed by atoms with Crippen LogP contribution < -0.4 is 16.4 Å². The molecule has 156 valence electrons. The number of aryl methyl sites for hydroxylation is 1. The highest BCUT2D eigenvalue weighted by atomic mass is 16.2. The molecule has 0 unspecified atom stereocenters. The zero-order valence-corrected chi connectivity index (χ0v) is 17.1. The van der Waals surface area contributed by atoms with Crippen LogP contribution in [-0.4, -0.2) is 21.6 Å². The van der Waals surface area contributed by atoms with Gasteiger partial charge in [-0.25, -0.2) is 4.68 Å². The van der Waals surface area contributed by atoms with E-state index in [2.05, 4.69) is 22.9 Å². The van der Waals surface area contributed by atoms with Crippen molar-refractivity contribution in [3.63, 3.8) is 0 Å². The highest BCUT2D eigenvalue weighted by Gasteiger charge is 2.19. The van der Waals surface area contributed by atoms with Gasteiger partial charge in [0.1, 0.15) is 0 Å². The van der Waals surface area contributed by atoms with Crippen LogP contribution in [0.1, 0.15) is 75.2 Å². The first-order valence-corrected chi connectivity index (χ1v) is 10.7. The van der Waals surface area contributed by atoms with E-state index in [0.717, 1.165) is 25.7 Å². The van der Waals surface area contributed by atoms with Gasteiger partial charge in [0.15, 0.2) is 5.69 Å². The number of fused-ring (bicyclic) bond motifs is 1. The van der Waals surface area contributed by atoms with Crippen LogP contribution in [0.5, 0.6) is 0 Å². The molecule has 1 aliphatic carbocycles. The fourth-order valence-electron chi connectivity index (χ4n) is 3.95. The second-order valence-corrected chi connectivity index (χ2v) is 7.82. The second-order valence-electron chi connectivity index (χ2n) is 7.82. The maximum absolute atomic E-state index is 12.7. The number of aromatic nitrogens is 2. The lowest BCUT2D eigenvalue weighted by molar-refractivity contribution is -0.122. The summed E-state index contributed by atoms with van der Waals surface area (Å²) in [6, 6.07) is 6.94. The van der Waals surface area contributed by atoms with Crippen molar-refractivity contribution in [3.8, 4) is 0 Å². The molecular weight excluding hydrogens is 368 g/mol. The number of carbonyl (C=O) groups is 2.